The highest BCUT2D eigenvalue weighted by molar-refractivity contribution is 8.00. The van der Waals surface area contributed by atoms with Crippen molar-refractivity contribution in [3.05, 3.63) is 47.8 Å². The lowest BCUT2D eigenvalue weighted by Crippen LogP contribution is -2.26. The van der Waals surface area contributed by atoms with Crippen LogP contribution in [0.5, 0.6) is 0 Å². The fourth-order valence-electron chi connectivity index (χ4n) is 2.18. The molecule has 22 heavy (non-hydrogen) atoms. The average Bonchev–Trinajstić information content (AvgIpc) is 2.48. The van der Waals surface area contributed by atoms with Crippen LogP contribution in [0.1, 0.15) is 23.0 Å². The number of nitrogens with one attached hydrogen (secondary N) is 2. The Morgan fingerprint density at radius 2 is 2.14 bits per heavy atom. The number of aromatic nitrogens is 1. The van der Waals surface area contributed by atoms with E-state index in [4.69, 9.17) is 0 Å². The van der Waals surface area contributed by atoms with Gasteiger partial charge in [0.05, 0.1) is 10.9 Å². The average molecular weight is 313 g/mol. The van der Waals surface area contributed by atoms with Gasteiger partial charge in [0.1, 0.15) is 0 Å². The Bertz CT molecular complexity index is 761. The van der Waals surface area contributed by atoms with Gasteiger partial charge in [0, 0.05) is 28.0 Å². The van der Waals surface area contributed by atoms with Crippen molar-refractivity contribution in [1.82, 2.24) is 4.98 Å². The van der Waals surface area contributed by atoms with Gasteiger partial charge < -0.3 is 10.6 Å². The van der Waals surface area contributed by atoms with Crippen molar-refractivity contribution in [2.45, 2.75) is 24.0 Å². The summed E-state index contributed by atoms with van der Waals surface area (Å²) in [6.07, 6.45) is 1.65. The fraction of sp³-hybridized carbons (Fsp3) is 0.188. The molecule has 1 aromatic heterocycles. The van der Waals surface area contributed by atoms with Crippen molar-refractivity contribution in [2.24, 2.45) is 0 Å². The molecule has 1 aliphatic rings. The highest BCUT2D eigenvalue weighted by atomic mass is 32.2. The van der Waals surface area contributed by atoms with Gasteiger partial charge in [-0.05, 0) is 44.2 Å². The standard InChI is InChI=1S/C16H15N3O2S/c1-9-7-12(5-6-17-9)18-16(21)11-3-4-14-13(8-11)19-15(20)10(2)22-14/h3-8,10H,1-2H3,(H,19,20)(H,17,18,21). The van der Waals surface area contributed by atoms with E-state index in [1.165, 1.54) is 11.8 Å². The van der Waals surface area contributed by atoms with Gasteiger partial charge in [-0.15, -0.1) is 11.8 Å². The molecule has 0 spiro atoms. The summed E-state index contributed by atoms with van der Waals surface area (Å²) < 4.78 is 0. The zero-order valence-electron chi connectivity index (χ0n) is 12.2. The predicted octanol–water partition coefficient (Wildman–Crippen LogP) is 3.08. The molecule has 2 amide bonds. The second kappa shape index (κ2) is 5.81. The molecular weight excluding hydrogens is 298 g/mol. The van der Waals surface area contributed by atoms with Crippen LogP contribution in [-0.4, -0.2) is 22.0 Å². The van der Waals surface area contributed by atoms with Crippen LogP contribution in [0.15, 0.2) is 41.4 Å². The smallest absolute Gasteiger partial charge is 0.255 e. The molecule has 0 bridgehead atoms. The molecule has 0 saturated carbocycles. The Morgan fingerprint density at radius 1 is 1.32 bits per heavy atom. The van der Waals surface area contributed by atoms with E-state index in [-0.39, 0.29) is 17.1 Å². The van der Waals surface area contributed by atoms with Crippen molar-refractivity contribution in [2.75, 3.05) is 10.6 Å². The molecule has 2 heterocycles. The van der Waals surface area contributed by atoms with Gasteiger partial charge in [-0.25, -0.2) is 0 Å². The molecule has 0 saturated heterocycles. The number of rotatable bonds is 2. The SMILES string of the molecule is Cc1cc(NC(=O)c2ccc3c(c2)NC(=O)C(C)S3)ccn1. The lowest BCUT2D eigenvalue weighted by Gasteiger charge is -2.21. The Kier molecular flexibility index (Phi) is 3.85. The second-order valence-electron chi connectivity index (χ2n) is 5.10. The van der Waals surface area contributed by atoms with Gasteiger partial charge in [-0.1, -0.05) is 0 Å². The quantitative estimate of drug-likeness (QED) is 0.894. The maximum atomic E-state index is 12.3. The summed E-state index contributed by atoms with van der Waals surface area (Å²) in [6, 6.07) is 8.87. The minimum absolute atomic E-state index is 0.0418. The number of aryl methyl sites for hydroxylation is 1. The number of hydrogen-bond donors (Lipinski definition) is 2. The first kappa shape index (κ1) is 14.6. The maximum Gasteiger partial charge on any atom is 0.255 e. The molecule has 3 rings (SSSR count). The summed E-state index contributed by atoms with van der Waals surface area (Å²) in [5.74, 6) is -0.258. The molecule has 1 atom stereocenters. The van der Waals surface area contributed by atoms with Crippen molar-refractivity contribution < 1.29 is 9.59 Å². The van der Waals surface area contributed by atoms with Gasteiger partial charge in [-0.2, -0.15) is 0 Å². The van der Waals surface area contributed by atoms with Crippen molar-refractivity contribution in [1.29, 1.82) is 0 Å². The monoisotopic (exact) mass is 313 g/mol. The predicted molar refractivity (Wildman–Crippen MR) is 87.3 cm³/mol. The molecule has 1 unspecified atom stereocenters. The summed E-state index contributed by atoms with van der Waals surface area (Å²) in [7, 11) is 0. The summed E-state index contributed by atoms with van der Waals surface area (Å²) in [5.41, 5.74) is 2.72. The molecule has 0 fully saturated rings. The normalized spacial score (nSPS) is 16.6. The molecule has 2 N–H and O–H groups in total. The third-order valence-electron chi connectivity index (χ3n) is 3.33. The van der Waals surface area contributed by atoms with E-state index < -0.39 is 0 Å². The number of hydrogen-bond acceptors (Lipinski definition) is 4. The van der Waals surface area contributed by atoms with Gasteiger partial charge in [0.2, 0.25) is 5.91 Å². The van der Waals surface area contributed by atoms with Crippen LogP contribution in [0.2, 0.25) is 0 Å². The van der Waals surface area contributed by atoms with Crippen molar-refractivity contribution in [3.8, 4) is 0 Å². The number of nitrogens with zero attached hydrogens (tertiary/aromatic N) is 1. The summed E-state index contributed by atoms with van der Waals surface area (Å²) in [6.45, 7) is 3.72. The summed E-state index contributed by atoms with van der Waals surface area (Å²) in [4.78, 5) is 29.1. The van der Waals surface area contributed by atoms with Gasteiger partial charge >= 0.3 is 0 Å². The molecule has 0 aliphatic carbocycles. The zero-order valence-corrected chi connectivity index (χ0v) is 13.0. The number of fused-ring (bicyclic) bond motifs is 1. The second-order valence-corrected chi connectivity index (χ2v) is 6.48. The molecule has 0 radical (unpaired) electrons. The number of thioether (sulfide) groups is 1. The molecule has 2 aromatic rings. The fourth-order valence-corrected chi connectivity index (χ4v) is 3.11. The van der Waals surface area contributed by atoms with Crippen LogP contribution >= 0.6 is 11.8 Å². The Hall–Kier alpha value is -2.34. The van der Waals surface area contributed by atoms with Crippen LogP contribution in [0, 0.1) is 6.92 Å². The first-order valence-corrected chi connectivity index (χ1v) is 7.76. The molecule has 6 heteroatoms. The number of amides is 2. The van der Waals surface area contributed by atoms with E-state index in [2.05, 4.69) is 15.6 Å². The van der Waals surface area contributed by atoms with E-state index in [0.717, 1.165) is 10.6 Å². The van der Waals surface area contributed by atoms with E-state index in [9.17, 15) is 9.59 Å². The molecule has 5 nitrogen and oxygen atoms in total. The molecule has 1 aliphatic heterocycles. The van der Waals surface area contributed by atoms with Crippen LogP contribution in [0.25, 0.3) is 0 Å². The summed E-state index contributed by atoms with van der Waals surface area (Å²) >= 11 is 1.49. The van der Waals surface area contributed by atoms with Crippen molar-refractivity contribution >= 4 is 35.0 Å². The largest absolute Gasteiger partial charge is 0.324 e. The number of carbonyl (C=O) groups is 2. The zero-order chi connectivity index (χ0) is 15.7. The van der Waals surface area contributed by atoms with E-state index in [1.54, 1.807) is 30.5 Å². The highest BCUT2D eigenvalue weighted by Gasteiger charge is 2.23. The minimum Gasteiger partial charge on any atom is -0.324 e. The number of pyridine rings is 1. The van der Waals surface area contributed by atoms with E-state index in [1.807, 2.05) is 19.9 Å². The Labute approximate surface area is 132 Å². The van der Waals surface area contributed by atoms with Crippen LogP contribution < -0.4 is 10.6 Å². The topological polar surface area (TPSA) is 71.1 Å². The molecular formula is C16H15N3O2S. The first-order chi connectivity index (χ1) is 10.5. The Balaban J connectivity index is 1.82. The third kappa shape index (κ3) is 2.96. The maximum absolute atomic E-state index is 12.3. The first-order valence-electron chi connectivity index (χ1n) is 6.88. The number of benzene rings is 1. The number of carbonyl (C=O) groups excluding carboxylic acids is 2. The highest BCUT2D eigenvalue weighted by Crippen LogP contribution is 2.36. The third-order valence-corrected chi connectivity index (χ3v) is 4.50. The lowest BCUT2D eigenvalue weighted by molar-refractivity contribution is -0.115. The van der Waals surface area contributed by atoms with E-state index >= 15 is 0 Å². The Morgan fingerprint density at radius 3 is 2.91 bits per heavy atom. The lowest BCUT2D eigenvalue weighted by atomic mass is 10.1. The van der Waals surface area contributed by atoms with Gasteiger partial charge in [0.15, 0.2) is 0 Å². The minimum atomic E-state index is -0.216. The molecule has 1 aromatic carbocycles. The van der Waals surface area contributed by atoms with Crippen LogP contribution in [0.4, 0.5) is 11.4 Å². The van der Waals surface area contributed by atoms with Gasteiger partial charge in [-0.3, -0.25) is 14.6 Å². The van der Waals surface area contributed by atoms with Crippen LogP contribution in [-0.2, 0) is 4.79 Å². The van der Waals surface area contributed by atoms with Crippen molar-refractivity contribution in [3.63, 3.8) is 0 Å². The molecule has 112 valence electrons. The summed E-state index contributed by atoms with van der Waals surface area (Å²) in [5, 5.41) is 5.54. The van der Waals surface area contributed by atoms with Gasteiger partial charge in [0.25, 0.3) is 5.91 Å². The van der Waals surface area contributed by atoms with E-state index in [0.29, 0.717) is 16.9 Å². The van der Waals surface area contributed by atoms with Crippen LogP contribution in [0.3, 0.4) is 0 Å². The number of anilines is 2.